The second kappa shape index (κ2) is 5.16. The SMILES string of the molecule is O=C1NCC(C#CCO)N1c1nc2c3c(ccc2s1)OCC3. The van der Waals surface area contributed by atoms with Gasteiger partial charge in [-0.05, 0) is 12.1 Å². The average Bonchev–Trinajstić information content (AvgIpc) is 3.21. The number of anilines is 1. The van der Waals surface area contributed by atoms with Crippen LogP contribution in [0, 0.1) is 11.8 Å². The number of thiazole rings is 1. The molecule has 3 heterocycles. The van der Waals surface area contributed by atoms with Crippen LogP contribution in [0.3, 0.4) is 0 Å². The van der Waals surface area contributed by atoms with E-state index in [4.69, 9.17) is 9.84 Å². The zero-order valence-corrected chi connectivity index (χ0v) is 12.4. The molecule has 22 heavy (non-hydrogen) atoms. The number of aliphatic hydroxyl groups excluding tert-OH is 1. The van der Waals surface area contributed by atoms with E-state index in [-0.39, 0.29) is 18.7 Å². The summed E-state index contributed by atoms with van der Waals surface area (Å²) < 4.78 is 6.59. The fourth-order valence-electron chi connectivity index (χ4n) is 2.76. The van der Waals surface area contributed by atoms with Crippen molar-refractivity contribution in [1.82, 2.24) is 10.3 Å². The van der Waals surface area contributed by atoms with E-state index in [0.29, 0.717) is 18.3 Å². The molecule has 1 unspecified atom stereocenters. The van der Waals surface area contributed by atoms with Gasteiger partial charge in [-0.3, -0.25) is 4.90 Å². The maximum absolute atomic E-state index is 12.1. The second-order valence-electron chi connectivity index (χ2n) is 5.03. The van der Waals surface area contributed by atoms with Crippen LogP contribution < -0.4 is 15.0 Å². The quantitative estimate of drug-likeness (QED) is 0.774. The summed E-state index contributed by atoms with van der Waals surface area (Å²) in [7, 11) is 0. The van der Waals surface area contributed by atoms with Crippen LogP contribution in [0.1, 0.15) is 5.56 Å². The van der Waals surface area contributed by atoms with Crippen molar-refractivity contribution in [3.05, 3.63) is 17.7 Å². The van der Waals surface area contributed by atoms with Crippen LogP contribution in [0.5, 0.6) is 5.75 Å². The predicted molar refractivity (Wildman–Crippen MR) is 83.3 cm³/mol. The largest absolute Gasteiger partial charge is 0.493 e. The molecule has 6 nitrogen and oxygen atoms in total. The second-order valence-corrected chi connectivity index (χ2v) is 6.04. The lowest BCUT2D eigenvalue weighted by Crippen LogP contribution is -2.33. The van der Waals surface area contributed by atoms with Gasteiger partial charge in [-0.15, -0.1) is 0 Å². The lowest BCUT2D eigenvalue weighted by atomic mass is 10.1. The molecule has 0 aliphatic carbocycles. The summed E-state index contributed by atoms with van der Waals surface area (Å²) in [5, 5.41) is 12.2. The number of carbonyl (C=O) groups excluding carboxylic acids is 1. The van der Waals surface area contributed by atoms with E-state index in [1.165, 1.54) is 11.3 Å². The maximum atomic E-state index is 12.1. The summed E-state index contributed by atoms with van der Waals surface area (Å²) in [5.74, 6) is 6.39. The number of carbonyl (C=O) groups is 1. The van der Waals surface area contributed by atoms with Gasteiger partial charge < -0.3 is 15.2 Å². The molecule has 1 aromatic carbocycles. The van der Waals surface area contributed by atoms with Crippen molar-refractivity contribution >= 4 is 32.7 Å². The Balaban J connectivity index is 1.78. The highest BCUT2D eigenvalue weighted by Gasteiger charge is 2.33. The number of fused-ring (bicyclic) bond motifs is 3. The maximum Gasteiger partial charge on any atom is 0.324 e. The summed E-state index contributed by atoms with van der Waals surface area (Å²) in [6, 6.07) is 3.43. The summed E-state index contributed by atoms with van der Waals surface area (Å²) in [5.41, 5.74) is 2.01. The summed E-state index contributed by atoms with van der Waals surface area (Å²) in [6.45, 7) is 0.891. The first-order chi connectivity index (χ1) is 10.8. The standard InChI is InChI=1S/C15H13N3O3S/c19-6-1-2-9-8-16-14(20)18(9)15-17-13-10-5-7-21-11(10)3-4-12(13)22-15/h3-4,9,19H,5-8H2,(H,16,20). The molecular weight excluding hydrogens is 302 g/mol. The van der Waals surface area contributed by atoms with Crippen LogP contribution in [-0.4, -0.2) is 41.9 Å². The fourth-order valence-corrected chi connectivity index (χ4v) is 3.81. The van der Waals surface area contributed by atoms with Gasteiger partial charge in [0.1, 0.15) is 18.4 Å². The van der Waals surface area contributed by atoms with Crippen LogP contribution in [-0.2, 0) is 6.42 Å². The van der Waals surface area contributed by atoms with E-state index >= 15 is 0 Å². The molecule has 112 valence electrons. The minimum atomic E-state index is -0.301. The molecule has 0 radical (unpaired) electrons. The molecule has 1 saturated heterocycles. The molecule has 7 heteroatoms. The number of urea groups is 1. The number of rotatable bonds is 1. The Morgan fingerprint density at radius 3 is 3.32 bits per heavy atom. The van der Waals surface area contributed by atoms with Crippen LogP contribution in [0.25, 0.3) is 10.2 Å². The third-order valence-corrected chi connectivity index (χ3v) is 4.77. The number of hydrogen-bond acceptors (Lipinski definition) is 5. The number of ether oxygens (including phenoxy) is 1. The number of nitrogens with zero attached hydrogens (tertiary/aromatic N) is 2. The number of hydrogen-bond donors (Lipinski definition) is 2. The Hall–Kier alpha value is -2.30. The van der Waals surface area contributed by atoms with E-state index in [0.717, 1.165) is 28.0 Å². The van der Waals surface area contributed by atoms with Gasteiger partial charge in [-0.25, -0.2) is 9.78 Å². The highest BCUT2D eigenvalue weighted by atomic mass is 32.1. The van der Waals surface area contributed by atoms with Crippen LogP contribution in [0.4, 0.5) is 9.93 Å². The van der Waals surface area contributed by atoms with Gasteiger partial charge in [0.25, 0.3) is 0 Å². The summed E-state index contributed by atoms with van der Waals surface area (Å²) >= 11 is 1.47. The number of aromatic nitrogens is 1. The summed E-state index contributed by atoms with van der Waals surface area (Å²) in [6.07, 6.45) is 0.843. The van der Waals surface area contributed by atoms with Gasteiger partial charge in [0, 0.05) is 12.0 Å². The third kappa shape index (κ3) is 2.00. The first-order valence-electron chi connectivity index (χ1n) is 6.99. The van der Waals surface area contributed by atoms with Crippen molar-refractivity contribution in [2.45, 2.75) is 12.5 Å². The predicted octanol–water partition coefficient (Wildman–Crippen LogP) is 1.13. The monoisotopic (exact) mass is 315 g/mol. The van der Waals surface area contributed by atoms with Crippen molar-refractivity contribution in [3.8, 4) is 17.6 Å². The Bertz CT molecular complexity index is 821. The molecule has 1 atom stereocenters. The lowest BCUT2D eigenvalue weighted by molar-refractivity contribution is 0.252. The topological polar surface area (TPSA) is 74.7 Å². The number of aliphatic hydroxyl groups is 1. The van der Waals surface area contributed by atoms with Gasteiger partial charge in [-0.2, -0.15) is 0 Å². The van der Waals surface area contributed by atoms with Crippen molar-refractivity contribution in [1.29, 1.82) is 0 Å². The smallest absolute Gasteiger partial charge is 0.324 e. The lowest BCUT2D eigenvalue weighted by Gasteiger charge is -2.14. The minimum Gasteiger partial charge on any atom is -0.493 e. The normalized spacial score (nSPS) is 19.6. The van der Waals surface area contributed by atoms with E-state index in [1.54, 1.807) is 4.90 Å². The fraction of sp³-hybridized carbons (Fsp3) is 0.333. The first kappa shape index (κ1) is 13.4. The highest BCUT2D eigenvalue weighted by Crippen LogP contribution is 2.38. The minimum absolute atomic E-state index is 0.204. The molecule has 2 amide bonds. The Morgan fingerprint density at radius 1 is 1.55 bits per heavy atom. The molecule has 4 rings (SSSR count). The van der Waals surface area contributed by atoms with E-state index in [1.807, 2.05) is 12.1 Å². The molecule has 0 saturated carbocycles. The number of nitrogens with one attached hydrogen (secondary N) is 1. The molecule has 2 aliphatic rings. The number of amides is 2. The van der Waals surface area contributed by atoms with Gasteiger partial charge in [0.05, 0.1) is 23.4 Å². The van der Waals surface area contributed by atoms with Gasteiger partial charge in [-0.1, -0.05) is 23.2 Å². The number of benzene rings is 1. The third-order valence-electron chi connectivity index (χ3n) is 3.75. The van der Waals surface area contributed by atoms with Crippen LogP contribution in [0.2, 0.25) is 0 Å². The van der Waals surface area contributed by atoms with E-state index < -0.39 is 0 Å². The molecule has 2 aliphatic heterocycles. The molecular formula is C15H13N3O3S. The molecule has 0 spiro atoms. The molecule has 1 aromatic heterocycles. The zero-order chi connectivity index (χ0) is 15.1. The van der Waals surface area contributed by atoms with E-state index in [9.17, 15) is 4.79 Å². The summed E-state index contributed by atoms with van der Waals surface area (Å²) in [4.78, 5) is 18.3. The Morgan fingerprint density at radius 2 is 2.45 bits per heavy atom. The van der Waals surface area contributed by atoms with Crippen molar-refractivity contribution in [2.75, 3.05) is 24.7 Å². The molecule has 1 fully saturated rings. The zero-order valence-electron chi connectivity index (χ0n) is 11.6. The molecule has 2 N–H and O–H groups in total. The highest BCUT2D eigenvalue weighted by molar-refractivity contribution is 7.22. The molecule has 2 aromatic rings. The Labute approximate surface area is 130 Å². The van der Waals surface area contributed by atoms with Gasteiger partial charge in [0.15, 0.2) is 5.13 Å². The van der Waals surface area contributed by atoms with Crippen molar-refractivity contribution in [3.63, 3.8) is 0 Å². The first-order valence-corrected chi connectivity index (χ1v) is 7.81. The van der Waals surface area contributed by atoms with Crippen molar-refractivity contribution in [2.24, 2.45) is 0 Å². The van der Waals surface area contributed by atoms with Gasteiger partial charge in [0.2, 0.25) is 0 Å². The van der Waals surface area contributed by atoms with Gasteiger partial charge >= 0.3 is 6.03 Å². The Kier molecular flexibility index (Phi) is 3.13. The average molecular weight is 315 g/mol. The molecule has 0 bridgehead atoms. The van der Waals surface area contributed by atoms with Crippen molar-refractivity contribution < 1.29 is 14.6 Å². The van der Waals surface area contributed by atoms with Crippen LogP contribution >= 0.6 is 11.3 Å². The van der Waals surface area contributed by atoms with Crippen LogP contribution in [0.15, 0.2) is 12.1 Å². The van der Waals surface area contributed by atoms with E-state index in [2.05, 4.69) is 22.1 Å².